The first-order valence-corrected chi connectivity index (χ1v) is 7.46. The lowest BCUT2D eigenvalue weighted by Gasteiger charge is -2.17. The van der Waals surface area contributed by atoms with Crippen LogP contribution in [0.15, 0.2) is 18.3 Å². The van der Waals surface area contributed by atoms with Crippen LogP contribution in [0.3, 0.4) is 0 Å². The van der Waals surface area contributed by atoms with E-state index in [2.05, 4.69) is 9.71 Å². The summed E-state index contributed by atoms with van der Waals surface area (Å²) in [4.78, 5) is 3.99. The molecule has 1 aromatic heterocycles. The SMILES string of the molecule is CCOc1ccc(NS(=O)(=O)N(C)CCCN)cn1. The molecule has 3 N–H and O–H groups in total. The summed E-state index contributed by atoms with van der Waals surface area (Å²) in [5.74, 6) is 0.460. The molecule has 0 saturated carbocycles. The van der Waals surface area contributed by atoms with Gasteiger partial charge in [0.25, 0.3) is 0 Å². The van der Waals surface area contributed by atoms with Gasteiger partial charge in [0.15, 0.2) is 0 Å². The molecule has 0 aliphatic carbocycles. The first-order valence-electron chi connectivity index (χ1n) is 6.02. The molecule has 0 aliphatic heterocycles. The van der Waals surface area contributed by atoms with Crippen molar-refractivity contribution in [2.75, 3.05) is 31.5 Å². The lowest BCUT2D eigenvalue weighted by Crippen LogP contribution is -2.34. The van der Waals surface area contributed by atoms with Crippen molar-refractivity contribution in [1.29, 1.82) is 0 Å². The Morgan fingerprint density at radius 1 is 1.47 bits per heavy atom. The average molecular weight is 288 g/mol. The van der Waals surface area contributed by atoms with Gasteiger partial charge in [0.1, 0.15) is 0 Å². The summed E-state index contributed by atoms with van der Waals surface area (Å²) in [6.07, 6.45) is 2.03. The largest absolute Gasteiger partial charge is 0.478 e. The average Bonchev–Trinajstić information content (AvgIpc) is 2.38. The van der Waals surface area contributed by atoms with Crippen LogP contribution in [-0.4, -0.2) is 44.5 Å². The lowest BCUT2D eigenvalue weighted by molar-refractivity contribution is 0.327. The Morgan fingerprint density at radius 3 is 2.74 bits per heavy atom. The molecule has 0 spiro atoms. The predicted octanol–water partition coefficient (Wildman–Crippen LogP) is 0.418. The van der Waals surface area contributed by atoms with Crippen LogP contribution >= 0.6 is 0 Å². The number of nitrogens with zero attached hydrogens (tertiary/aromatic N) is 2. The molecule has 0 saturated heterocycles. The zero-order valence-corrected chi connectivity index (χ0v) is 12.0. The van der Waals surface area contributed by atoms with Gasteiger partial charge in [-0.15, -0.1) is 0 Å². The number of aromatic nitrogens is 1. The fourth-order valence-electron chi connectivity index (χ4n) is 1.33. The highest BCUT2D eigenvalue weighted by Crippen LogP contribution is 2.13. The number of hydrogen-bond donors (Lipinski definition) is 2. The third-order valence-corrected chi connectivity index (χ3v) is 3.86. The van der Waals surface area contributed by atoms with Crippen molar-refractivity contribution in [1.82, 2.24) is 9.29 Å². The van der Waals surface area contributed by atoms with E-state index >= 15 is 0 Å². The number of anilines is 1. The van der Waals surface area contributed by atoms with E-state index in [1.807, 2.05) is 6.92 Å². The van der Waals surface area contributed by atoms with Crippen LogP contribution in [-0.2, 0) is 10.2 Å². The Hall–Kier alpha value is -1.38. The van der Waals surface area contributed by atoms with Crippen LogP contribution in [0.5, 0.6) is 5.88 Å². The van der Waals surface area contributed by atoms with Gasteiger partial charge in [-0.1, -0.05) is 0 Å². The van der Waals surface area contributed by atoms with Crippen LogP contribution < -0.4 is 15.2 Å². The highest BCUT2D eigenvalue weighted by atomic mass is 32.2. The summed E-state index contributed by atoms with van der Waals surface area (Å²) in [6.45, 7) is 3.19. The standard InChI is InChI=1S/C11H20N4O3S/c1-3-18-11-6-5-10(9-13-11)14-19(16,17)15(2)8-4-7-12/h5-6,9,14H,3-4,7-8,12H2,1-2H3. The molecule has 8 heteroatoms. The maximum absolute atomic E-state index is 11.9. The molecule has 0 atom stereocenters. The second-order valence-corrected chi connectivity index (χ2v) is 5.67. The van der Waals surface area contributed by atoms with E-state index < -0.39 is 10.2 Å². The fraction of sp³-hybridized carbons (Fsp3) is 0.545. The van der Waals surface area contributed by atoms with E-state index in [0.717, 1.165) is 0 Å². The van der Waals surface area contributed by atoms with E-state index in [1.54, 1.807) is 12.1 Å². The predicted molar refractivity (Wildman–Crippen MR) is 74.2 cm³/mol. The molecule has 1 aromatic rings. The number of nitrogens with two attached hydrogens (primary N) is 1. The van der Waals surface area contributed by atoms with Gasteiger partial charge in [-0.3, -0.25) is 4.72 Å². The summed E-state index contributed by atoms with van der Waals surface area (Å²) in [7, 11) is -2.06. The van der Waals surface area contributed by atoms with Crippen molar-refractivity contribution in [2.45, 2.75) is 13.3 Å². The van der Waals surface area contributed by atoms with Crippen molar-refractivity contribution in [3.63, 3.8) is 0 Å². The van der Waals surface area contributed by atoms with Crippen molar-refractivity contribution in [3.8, 4) is 5.88 Å². The van der Waals surface area contributed by atoms with Gasteiger partial charge < -0.3 is 10.5 Å². The van der Waals surface area contributed by atoms with Crippen LogP contribution in [0.2, 0.25) is 0 Å². The molecule has 1 rings (SSSR count). The minimum atomic E-state index is -3.56. The van der Waals surface area contributed by atoms with Gasteiger partial charge in [0, 0.05) is 19.7 Å². The molecule has 19 heavy (non-hydrogen) atoms. The normalized spacial score (nSPS) is 11.6. The molecule has 108 valence electrons. The highest BCUT2D eigenvalue weighted by molar-refractivity contribution is 7.90. The molecule has 0 unspecified atom stereocenters. The number of nitrogens with one attached hydrogen (secondary N) is 1. The maximum atomic E-state index is 11.9. The Balaban J connectivity index is 2.67. The third-order valence-electron chi connectivity index (χ3n) is 2.36. The molecule has 0 radical (unpaired) electrons. The van der Waals surface area contributed by atoms with Crippen LogP contribution in [0.4, 0.5) is 5.69 Å². The summed E-state index contributed by atoms with van der Waals surface area (Å²) in [6, 6.07) is 3.22. The second kappa shape index (κ2) is 7.27. The minimum absolute atomic E-state index is 0.371. The van der Waals surface area contributed by atoms with Gasteiger partial charge in [0.2, 0.25) is 5.88 Å². The lowest BCUT2D eigenvalue weighted by atomic mass is 10.4. The summed E-state index contributed by atoms with van der Waals surface area (Å²) in [5.41, 5.74) is 5.74. The third kappa shape index (κ3) is 5.01. The molecular weight excluding hydrogens is 268 g/mol. The topological polar surface area (TPSA) is 97.5 Å². The maximum Gasteiger partial charge on any atom is 0.301 e. The van der Waals surface area contributed by atoms with Gasteiger partial charge in [-0.2, -0.15) is 12.7 Å². The smallest absolute Gasteiger partial charge is 0.301 e. The van der Waals surface area contributed by atoms with Gasteiger partial charge >= 0.3 is 10.2 Å². The van der Waals surface area contributed by atoms with E-state index in [-0.39, 0.29) is 0 Å². The molecule has 0 amide bonds. The van der Waals surface area contributed by atoms with Gasteiger partial charge in [0.05, 0.1) is 18.5 Å². The van der Waals surface area contributed by atoms with Crippen molar-refractivity contribution >= 4 is 15.9 Å². The highest BCUT2D eigenvalue weighted by Gasteiger charge is 2.16. The fourth-order valence-corrected chi connectivity index (χ4v) is 2.28. The number of hydrogen-bond acceptors (Lipinski definition) is 5. The molecule has 7 nitrogen and oxygen atoms in total. The Labute approximate surface area is 113 Å². The molecular formula is C11H20N4O3S. The first-order chi connectivity index (χ1) is 8.99. The number of ether oxygens (including phenoxy) is 1. The molecule has 0 fully saturated rings. The van der Waals surface area contributed by atoms with Gasteiger partial charge in [-0.25, -0.2) is 4.98 Å². The monoisotopic (exact) mass is 288 g/mol. The van der Waals surface area contributed by atoms with Crippen LogP contribution in [0.25, 0.3) is 0 Å². The first kappa shape index (κ1) is 15.7. The molecule has 1 heterocycles. The van der Waals surface area contributed by atoms with Crippen LogP contribution in [0, 0.1) is 0 Å². The van der Waals surface area contributed by atoms with Crippen LogP contribution in [0.1, 0.15) is 13.3 Å². The van der Waals surface area contributed by atoms with E-state index in [1.165, 1.54) is 17.5 Å². The zero-order valence-electron chi connectivity index (χ0n) is 11.2. The Bertz CT molecular complexity index is 475. The Morgan fingerprint density at radius 2 is 2.21 bits per heavy atom. The summed E-state index contributed by atoms with van der Waals surface area (Å²) >= 11 is 0. The minimum Gasteiger partial charge on any atom is -0.478 e. The number of pyridine rings is 1. The van der Waals surface area contributed by atoms with E-state index in [9.17, 15) is 8.42 Å². The molecule has 0 bridgehead atoms. The van der Waals surface area contributed by atoms with Crippen molar-refractivity contribution in [3.05, 3.63) is 18.3 Å². The zero-order chi connectivity index (χ0) is 14.3. The van der Waals surface area contributed by atoms with Crippen molar-refractivity contribution < 1.29 is 13.2 Å². The van der Waals surface area contributed by atoms with E-state index in [0.29, 0.717) is 37.7 Å². The van der Waals surface area contributed by atoms with E-state index in [4.69, 9.17) is 10.5 Å². The quantitative estimate of drug-likeness (QED) is 0.722. The molecule has 0 aliphatic rings. The summed E-state index contributed by atoms with van der Waals surface area (Å²) < 4.78 is 32.7. The second-order valence-electron chi connectivity index (χ2n) is 3.89. The summed E-state index contributed by atoms with van der Waals surface area (Å²) in [5, 5.41) is 0. The van der Waals surface area contributed by atoms with Crippen molar-refractivity contribution in [2.24, 2.45) is 5.73 Å². The number of rotatable bonds is 8. The molecule has 0 aromatic carbocycles. The van der Waals surface area contributed by atoms with Gasteiger partial charge in [-0.05, 0) is 26.0 Å². The Kier molecular flexibility index (Phi) is 6.00.